The van der Waals surface area contributed by atoms with Crippen molar-refractivity contribution in [1.82, 2.24) is 4.90 Å². The van der Waals surface area contributed by atoms with Gasteiger partial charge in [0.05, 0.1) is 6.04 Å². The van der Waals surface area contributed by atoms with Gasteiger partial charge in [-0.2, -0.15) is 0 Å². The molecule has 2 unspecified atom stereocenters. The van der Waals surface area contributed by atoms with Gasteiger partial charge in [-0.3, -0.25) is 4.79 Å². The number of carbonyl (C=O) groups excluding carboxylic acids is 1. The summed E-state index contributed by atoms with van der Waals surface area (Å²) in [5.41, 5.74) is 5.50. The minimum atomic E-state index is -0.365. The van der Waals surface area contributed by atoms with E-state index in [2.05, 4.69) is 6.92 Å². The highest BCUT2D eigenvalue weighted by molar-refractivity contribution is 5.81. The SMILES string of the molecule is CC(N)C(=O)N(C)C(C)C1CC1. The molecule has 0 saturated heterocycles. The van der Waals surface area contributed by atoms with Gasteiger partial charge in [0.15, 0.2) is 0 Å². The van der Waals surface area contributed by atoms with Crippen LogP contribution in [0, 0.1) is 5.92 Å². The molecule has 0 radical (unpaired) electrons. The normalized spacial score (nSPS) is 21.7. The Labute approximate surface area is 73.9 Å². The molecule has 0 aromatic rings. The topological polar surface area (TPSA) is 46.3 Å². The zero-order valence-electron chi connectivity index (χ0n) is 8.08. The molecular weight excluding hydrogens is 152 g/mol. The zero-order valence-corrected chi connectivity index (χ0v) is 8.08. The lowest BCUT2D eigenvalue weighted by Crippen LogP contribution is -2.44. The van der Waals surface area contributed by atoms with Crippen LogP contribution in [0.15, 0.2) is 0 Å². The standard InChI is InChI=1S/C9H18N2O/c1-6(10)9(12)11(3)7(2)8-4-5-8/h6-8H,4-5,10H2,1-3H3. The summed E-state index contributed by atoms with van der Waals surface area (Å²) in [5.74, 6) is 0.770. The molecule has 0 aromatic carbocycles. The van der Waals surface area contributed by atoms with E-state index in [-0.39, 0.29) is 11.9 Å². The van der Waals surface area contributed by atoms with Crippen LogP contribution in [0.1, 0.15) is 26.7 Å². The van der Waals surface area contributed by atoms with Gasteiger partial charge in [-0.25, -0.2) is 0 Å². The van der Waals surface area contributed by atoms with Gasteiger partial charge in [-0.15, -0.1) is 0 Å². The summed E-state index contributed by atoms with van der Waals surface area (Å²) in [7, 11) is 1.84. The molecule has 0 spiro atoms. The molecule has 1 fully saturated rings. The van der Waals surface area contributed by atoms with Gasteiger partial charge in [-0.05, 0) is 32.6 Å². The van der Waals surface area contributed by atoms with E-state index in [1.807, 2.05) is 7.05 Å². The molecule has 1 rings (SSSR count). The van der Waals surface area contributed by atoms with Crippen LogP contribution in [0.2, 0.25) is 0 Å². The summed E-state index contributed by atoms with van der Waals surface area (Å²) in [4.78, 5) is 13.2. The smallest absolute Gasteiger partial charge is 0.239 e. The number of hydrogen-bond donors (Lipinski definition) is 1. The molecule has 1 aliphatic rings. The zero-order chi connectivity index (χ0) is 9.30. The molecule has 2 atom stereocenters. The number of carbonyl (C=O) groups is 1. The van der Waals surface area contributed by atoms with Crippen LogP contribution in [0.4, 0.5) is 0 Å². The number of rotatable bonds is 3. The first kappa shape index (κ1) is 9.52. The van der Waals surface area contributed by atoms with Crippen molar-refractivity contribution in [3.8, 4) is 0 Å². The second-order valence-electron chi connectivity index (χ2n) is 3.82. The Hall–Kier alpha value is -0.570. The Balaban J connectivity index is 2.44. The third-order valence-electron chi connectivity index (χ3n) is 2.65. The van der Waals surface area contributed by atoms with Crippen molar-refractivity contribution in [2.75, 3.05) is 7.05 Å². The Morgan fingerprint density at radius 3 is 2.33 bits per heavy atom. The third kappa shape index (κ3) is 1.97. The molecule has 2 N–H and O–H groups in total. The van der Waals surface area contributed by atoms with Gasteiger partial charge in [-0.1, -0.05) is 0 Å². The van der Waals surface area contributed by atoms with Crippen molar-refractivity contribution in [3.63, 3.8) is 0 Å². The van der Waals surface area contributed by atoms with E-state index < -0.39 is 0 Å². The van der Waals surface area contributed by atoms with Crippen molar-refractivity contribution < 1.29 is 4.79 Å². The molecule has 0 bridgehead atoms. The number of hydrogen-bond acceptors (Lipinski definition) is 2. The summed E-state index contributed by atoms with van der Waals surface area (Å²) in [6.45, 7) is 3.83. The monoisotopic (exact) mass is 170 g/mol. The molecule has 1 aliphatic carbocycles. The molecule has 1 amide bonds. The fourth-order valence-corrected chi connectivity index (χ4v) is 1.42. The van der Waals surface area contributed by atoms with Crippen molar-refractivity contribution in [2.45, 2.75) is 38.8 Å². The fourth-order valence-electron chi connectivity index (χ4n) is 1.42. The first-order chi connectivity index (χ1) is 5.54. The van der Waals surface area contributed by atoms with E-state index in [0.717, 1.165) is 5.92 Å². The van der Waals surface area contributed by atoms with Crippen molar-refractivity contribution >= 4 is 5.91 Å². The lowest BCUT2D eigenvalue weighted by Gasteiger charge is -2.26. The third-order valence-corrected chi connectivity index (χ3v) is 2.65. The quantitative estimate of drug-likeness (QED) is 0.674. The Morgan fingerprint density at radius 1 is 1.50 bits per heavy atom. The van der Waals surface area contributed by atoms with Crippen LogP contribution < -0.4 is 5.73 Å². The molecule has 1 saturated carbocycles. The van der Waals surface area contributed by atoms with Gasteiger partial charge in [0.2, 0.25) is 5.91 Å². The van der Waals surface area contributed by atoms with E-state index in [0.29, 0.717) is 6.04 Å². The van der Waals surface area contributed by atoms with Gasteiger partial charge in [0, 0.05) is 13.1 Å². The number of amides is 1. The second kappa shape index (κ2) is 3.44. The molecule has 70 valence electrons. The van der Waals surface area contributed by atoms with E-state index in [4.69, 9.17) is 5.73 Å². The summed E-state index contributed by atoms with van der Waals surface area (Å²) in [6.07, 6.45) is 2.52. The number of nitrogens with two attached hydrogens (primary N) is 1. The van der Waals surface area contributed by atoms with E-state index in [1.54, 1.807) is 11.8 Å². The first-order valence-corrected chi connectivity index (χ1v) is 4.56. The van der Waals surface area contributed by atoms with Crippen molar-refractivity contribution in [3.05, 3.63) is 0 Å². The predicted molar refractivity (Wildman–Crippen MR) is 48.6 cm³/mol. The Kier molecular flexibility index (Phi) is 2.73. The van der Waals surface area contributed by atoms with Crippen LogP contribution >= 0.6 is 0 Å². The summed E-state index contributed by atoms with van der Waals surface area (Å²) in [6, 6.07) is -0.000278. The predicted octanol–water partition coefficient (Wildman–Crippen LogP) is 0.591. The average Bonchev–Trinajstić information content (AvgIpc) is 2.82. The maximum absolute atomic E-state index is 11.4. The maximum Gasteiger partial charge on any atom is 0.239 e. The first-order valence-electron chi connectivity index (χ1n) is 4.56. The minimum absolute atomic E-state index is 0.0504. The molecule has 3 nitrogen and oxygen atoms in total. The number of likely N-dealkylation sites (N-methyl/N-ethyl adjacent to an activating group) is 1. The van der Waals surface area contributed by atoms with Crippen molar-refractivity contribution in [2.24, 2.45) is 11.7 Å². The van der Waals surface area contributed by atoms with Crippen LogP contribution in [0.3, 0.4) is 0 Å². The van der Waals surface area contributed by atoms with Gasteiger partial charge in [0.25, 0.3) is 0 Å². The molecular formula is C9H18N2O. The Bertz CT molecular complexity index is 175. The van der Waals surface area contributed by atoms with E-state index in [9.17, 15) is 4.79 Å². The summed E-state index contributed by atoms with van der Waals surface area (Å²) < 4.78 is 0. The van der Waals surface area contributed by atoms with Gasteiger partial charge in [0.1, 0.15) is 0 Å². The van der Waals surface area contributed by atoms with Crippen LogP contribution in [-0.4, -0.2) is 29.9 Å². The molecule has 12 heavy (non-hydrogen) atoms. The molecule has 0 aromatic heterocycles. The van der Waals surface area contributed by atoms with E-state index in [1.165, 1.54) is 12.8 Å². The van der Waals surface area contributed by atoms with Gasteiger partial charge >= 0.3 is 0 Å². The van der Waals surface area contributed by atoms with Crippen molar-refractivity contribution in [1.29, 1.82) is 0 Å². The second-order valence-corrected chi connectivity index (χ2v) is 3.82. The molecule has 3 heteroatoms. The average molecular weight is 170 g/mol. The Morgan fingerprint density at radius 2 is 2.00 bits per heavy atom. The largest absolute Gasteiger partial charge is 0.341 e. The van der Waals surface area contributed by atoms with Gasteiger partial charge < -0.3 is 10.6 Å². The summed E-state index contributed by atoms with van der Waals surface area (Å²) in [5, 5.41) is 0. The lowest BCUT2D eigenvalue weighted by molar-refractivity contribution is -0.133. The molecule has 0 heterocycles. The molecule has 0 aliphatic heterocycles. The minimum Gasteiger partial charge on any atom is -0.341 e. The fraction of sp³-hybridized carbons (Fsp3) is 0.889. The maximum atomic E-state index is 11.4. The summed E-state index contributed by atoms with van der Waals surface area (Å²) >= 11 is 0. The van der Waals surface area contributed by atoms with Crippen LogP contribution in [-0.2, 0) is 4.79 Å². The lowest BCUT2D eigenvalue weighted by atomic mass is 10.1. The van der Waals surface area contributed by atoms with E-state index >= 15 is 0 Å². The van der Waals surface area contributed by atoms with Crippen LogP contribution in [0.5, 0.6) is 0 Å². The number of nitrogens with zero attached hydrogens (tertiary/aromatic N) is 1. The van der Waals surface area contributed by atoms with Crippen LogP contribution in [0.25, 0.3) is 0 Å². The highest BCUT2D eigenvalue weighted by Gasteiger charge is 2.32. The highest BCUT2D eigenvalue weighted by Crippen LogP contribution is 2.34. The highest BCUT2D eigenvalue weighted by atomic mass is 16.2.